The molecule has 0 saturated carbocycles. The van der Waals surface area contributed by atoms with E-state index in [0.29, 0.717) is 6.61 Å². The minimum absolute atomic E-state index is 0.533. The lowest BCUT2D eigenvalue weighted by Crippen LogP contribution is -2.01. The molecule has 1 heterocycles. The average molecular weight is 243 g/mol. The van der Waals surface area contributed by atoms with E-state index in [4.69, 9.17) is 4.74 Å². The van der Waals surface area contributed by atoms with Crippen molar-refractivity contribution in [1.82, 2.24) is 9.78 Å². The molecule has 0 aliphatic carbocycles. The minimum Gasteiger partial charge on any atom is -0.490 e. The van der Waals surface area contributed by atoms with Crippen LogP contribution in [0, 0.1) is 0 Å². The van der Waals surface area contributed by atoms with E-state index < -0.39 is 0 Å². The molecule has 1 N–H and O–H groups in total. The summed E-state index contributed by atoms with van der Waals surface area (Å²) in [4.78, 5) is 0. The molecule has 0 unspecified atom stereocenters. The van der Waals surface area contributed by atoms with Crippen LogP contribution in [0.15, 0.2) is 49.2 Å². The highest BCUT2D eigenvalue weighted by Crippen LogP contribution is 2.13. The molecule has 1 aromatic heterocycles. The molecule has 4 nitrogen and oxygen atoms in total. The van der Waals surface area contributed by atoms with Crippen LogP contribution in [0.2, 0.25) is 0 Å². The van der Waals surface area contributed by atoms with Gasteiger partial charge in [-0.15, -0.1) is 0 Å². The zero-order valence-electron chi connectivity index (χ0n) is 10.5. The smallest absolute Gasteiger partial charge is 0.148 e. The summed E-state index contributed by atoms with van der Waals surface area (Å²) in [6, 6.07) is 9.93. The molecule has 94 valence electrons. The molecular formula is C14H17N3O. The van der Waals surface area contributed by atoms with E-state index in [9.17, 15) is 0 Å². The summed E-state index contributed by atoms with van der Waals surface area (Å²) < 4.78 is 7.19. The molecule has 0 aliphatic heterocycles. The molecule has 0 aliphatic rings. The summed E-state index contributed by atoms with van der Waals surface area (Å²) in [7, 11) is 1.90. The van der Waals surface area contributed by atoms with Crippen molar-refractivity contribution < 1.29 is 4.74 Å². The zero-order valence-corrected chi connectivity index (χ0v) is 10.5. The third-order valence-electron chi connectivity index (χ3n) is 2.48. The first-order valence-corrected chi connectivity index (χ1v) is 5.84. The Morgan fingerprint density at radius 3 is 2.72 bits per heavy atom. The van der Waals surface area contributed by atoms with Crippen LogP contribution in [-0.4, -0.2) is 16.4 Å². The van der Waals surface area contributed by atoms with Crippen LogP contribution in [0.5, 0.6) is 5.75 Å². The second-order valence-corrected chi connectivity index (χ2v) is 3.97. The number of hydrogen-bond acceptors (Lipinski definition) is 3. The number of rotatable bonds is 6. The topological polar surface area (TPSA) is 39.1 Å². The number of hydrogen-bond donors (Lipinski definition) is 1. The van der Waals surface area contributed by atoms with E-state index in [1.165, 1.54) is 5.56 Å². The lowest BCUT2D eigenvalue weighted by Gasteiger charge is -2.06. The van der Waals surface area contributed by atoms with E-state index >= 15 is 0 Å². The zero-order chi connectivity index (χ0) is 12.8. The predicted molar refractivity (Wildman–Crippen MR) is 72.7 cm³/mol. The Labute approximate surface area is 107 Å². The molecule has 1 aromatic carbocycles. The molecule has 2 rings (SSSR count). The largest absolute Gasteiger partial charge is 0.490 e. The molecule has 0 spiro atoms. The number of nitrogens with one attached hydrogen (secondary N) is 1. The van der Waals surface area contributed by atoms with Crippen LogP contribution in [0.25, 0.3) is 0 Å². The van der Waals surface area contributed by atoms with E-state index in [0.717, 1.165) is 18.1 Å². The summed E-state index contributed by atoms with van der Waals surface area (Å²) in [5.74, 6) is 1.74. The first-order chi connectivity index (χ1) is 8.78. The highest BCUT2D eigenvalue weighted by atomic mass is 16.5. The van der Waals surface area contributed by atoms with Gasteiger partial charge in [-0.3, -0.25) is 4.68 Å². The molecule has 0 atom stereocenters. The monoisotopic (exact) mass is 243 g/mol. The van der Waals surface area contributed by atoms with Crippen LogP contribution < -0.4 is 10.1 Å². The Bertz CT molecular complexity index is 502. The summed E-state index contributed by atoms with van der Waals surface area (Å²) in [5, 5.41) is 7.51. The molecule has 0 fully saturated rings. The standard InChI is InChI=1S/C14H17N3O/c1-3-10-18-13-6-4-12(5-7-13)11-15-14-8-9-17(2)16-14/h3-9H,1,10-11H2,2H3,(H,15,16). The fourth-order valence-electron chi connectivity index (χ4n) is 1.56. The van der Waals surface area contributed by atoms with Gasteiger partial charge in [0.1, 0.15) is 18.2 Å². The number of aromatic nitrogens is 2. The van der Waals surface area contributed by atoms with Crippen molar-refractivity contribution in [2.75, 3.05) is 11.9 Å². The number of nitrogens with zero attached hydrogens (tertiary/aromatic N) is 2. The Kier molecular flexibility index (Phi) is 4.02. The van der Waals surface area contributed by atoms with Gasteiger partial charge < -0.3 is 10.1 Å². The van der Waals surface area contributed by atoms with Gasteiger partial charge in [0.2, 0.25) is 0 Å². The van der Waals surface area contributed by atoms with Crippen LogP contribution in [-0.2, 0) is 13.6 Å². The highest BCUT2D eigenvalue weighted by Gasteiger charge is 1.97. The lowest BCUT2D eigenvalue weighted by molar-refractivity contribution is 0.363. The van der Waals surface area contributed by atoms with Gasteiger partial charge in [-0.2, -0.15) is 5.10 Å². The Hall–Kier alpha value is -2.23. The van der Waals surface area contributed by atoms with Gasteiger partial charge in [-0.05, 0) is 17.7 Å². The van der Waals surface area contributed by atoms with E-state index in [1.54, 1.807) is 10.8 Å². The molecule has 2 aromatic rings. The second-order valence-electron chi connectivity index (χ2n) is 3.97. The Balaban J connectivity index is 1.88. The molecule has 0 bridgehead atoms. The van der Waals surface area contributed by atoms with Gasteiger partial charge in [0.25, 0.3) is 0 Å². The van der Waals surface area contributed by atoms with Crippen molar-refractivity contribution in [2.45, 2.75) is 6.54 Å². The molecule has 18 heavy (non-hydrogen) atoms. The van der Waals surface area contributed by atoms with Crippen molar-refractivity contribution in [1.29, 1.82) is 0 Å². The Morgan fingerprint density at radius 1 is 1.33 bits per heavy atom. The fourth-order valence-corrected chi connectivity index (χ4v) is 1.56. The fraction of sp³-hybridized carbons (Fsp3) is 0.214. The summed E-state index contributed by atoms with van der Waals surface area (Å²) >= 11 is 0. The van der Waals surface area contributed by atoms with E-state index in [-0.39, 0.29) is 0 Å². The molecular weight excluding hydrogens is 226 g/mol. The quantitative estimate of drug-likeness (QED) is 0.793. The predicted octanol–water partition coefficient (Wildman–Crippen LogP) is 2.60. The highest BCUT2D eigenvalue weighted by molar-refractivity contribution is 5.35. The van der Waals surface area contributed by atoms with Gasteiger partial charge in [0.15, 0.2) is 0 Å². The SMILES string of the molecule is C=CCOc1ccc(CNc2ccn(C)n2)cc1. The first-order valence-electron chi connectivity index (χ1n) is 5.84. The average Bonchev–Trinajstić information content (AvgIpc) is 2.81. The maximum Gasteiger partial charge on any atom is 0.148 e. The maximum absolute atomic E-state index is 5.42. The second kappa shape index (κ2) is 5.91. The van der Waals surface area contributed by atoms with Crippen LogP contribution in [0.1, 0.15) is 5.56 Å². The van der Waals surface area contributed by atoms with Crippen LogP contribution >= 0.6 is 0 Å². The summed E-state index contributed by atoms with van der Waals surface area (Å²) in [6.45, 7) is 4.90. The lowest BCUT2D eigenvalue weighted by atomic mass is 10.2. The van der Waals surface area contributed by atoms with Crippen molar-refractivity contribution in [3.63, 3.8) is 0 Å². The Morgan fingerprint density at radius 2 is 2.11 bits per heavy atom. The van der Waals surface area contributed by atoms with Crippen LogP contribution in [0.4, 0.5) is 5.82 Å². The number of aryl methyl sites for hydroxylation is 1. The third kappa shape index (κ3) is 3.38. The van der Waals surface area contributed by atoms with Crippen molar-refractivity contribution in [3.8, 4) is 5.75 Å². The van der Waals surface area contributed by atoms with E-state index in [1.807, 2.05) is 43.6 Å². The summed E-state index contributed by atoms with van der Waals surface area (Å²) in [5.41, 5.74) is 1.19. The normalized spacial score (nSPS) is 10.1. The van der Waals surface area contributed by atoms with Crippen molar-refractivity contribution >= 4 is 5.82 Å². The summed E-state index contributed by atoms with van der Waals surface area (Å²) in [6.07, 6.45) is 3.64. The maximum atomic E-state index is 5.42. The van der Waals surface area contributed by atoms with Gasteiger partial charge in [0, 0.05) is 25.9 Å². The molecule has 4 heteroatoms. The van der Waals surface area contributed by atoms with E-state index in [2.05, 4.69) is 17.0 Å². The minimum atomic E-state index is 0.533. The third-order valence-corrected chi connectivity index (χ3v) is 2.48. The molecule has 0 amide bonds. The number of benzene rings is 1. The van der Waals surface area contributed by atoms with Gasteiger partial charge in [-0.1, -0.05) is 24.8 Å². The first kappa shape index (κ1) is 12.2. The number of anilines is 1. The molecule has 0 radical (unpaired) electrons. The van der Waals surface area contributed by atoms with Gasteiger partial charge in [0.05, 0.1) is 0 Å². The van der Waals surface area contributed by atoms with Crippen molar-refractivity contribution in [2.24, 2.45) is 7.05 Å². The number of ether oxygens (including phenoxy) is 1. The van der Waals surface area contributed by atoms with Gasteiger partial charge >= 0.3 is 0 Å². The van der Waals surface area contributed by atoms with Crippen LogP contribution in [0.3, 0.4) is 0 Å². The van der Waals surface area contributed by atoms with Crippen molar-refractivity contribution in [3.05, 3.63) is 54.7 Å². The molecule has 0 saturated heterocycles. The van der Waals surface area contributed by atoms with Gasteiger partial charge in [-0.25, -0.2) is 0 Å².